The maximum Gasteiger partial charge on any atom is 0.228 e. The van der Waals surface area contributed by atoms with Crippen molar-refractivity contribution < 1.29 is 9.53 Å². The van der Waals surface area contributed by atoms with Gasteiger partial charge in [0.2, 0.25) is 5.91 Å². The zero-order valence-electron chi connectivity index (χ0n) is 10.00. The van der Waals surface area contributed by atoms with Crippen molar-refractivity contribution in [3.8, 4) is 5.75 Å². The zero-order valence-corrected chi connectivity index (χ0v) is 11.6. The van der Waals surface area contributed by atoms with Gasteiger partial charge in [-0.05, 0) is 24.6 Å². The van der Waals surface area contributed by atoms with Crippen LogP contribution in [-0.2, 0) is 4.79 Å². The summed E-state index contributed by atoms with van der Waals surface area (Å²) in [5.74, 6) is 0.388. The lowest BCUT2D eigenvalue weighted by Crippen LogP contribution is -2.28. The van der Waals surface area contributed by atoms with Gasteiger partial charge in [-0.2, -0.15) is 0 Å². The van der Waals surface area contributed by atoms with Crippen LogP contribution in [0.3, 0.4) is 0 Å². The van der Waals surface area contributed by atoms with Crippen molar-refractivity contribution in [3.05, 3.63) is 22.7 Å². The normalized spacial score (nSPS) is 12.0. The molecule has 1 rings (SSSR count). The zero-order chi connectivity index (χ0) is 12.8. The molecular weight excluding hydrogens is 284 g/mol. The van der Waals surface area contributed by atoms with Gasteiger partial charge in [0.05, 0.1) is 18.7 Å². The average molecular weight is 301 g/mol. The van der Waals surface area contributed by atoms with Gasteiger partial charge < -0.3 is 15.8 Å². The number of nitrogens with one attached hydrogen (secondary N) is 1. The van der Waals surface area contributed by atoms with Crippen LogP contribution in [-0.4, -0.2) is 19.6 Å². The van der Waals surface area contributed by atoms with Crippen LogP contribution in [0.2, 0.25) is 0 Å². The summed E-state index contributed by atoms with van der Waals surface area (Å²) >= 11 is 3.36. The molecule has 0 fully saturated rings. The molecule has 0 aliphatic rings. The smallest absolute Gasteiger partial charge is 0.228 e. The van der Waals surface area contributed by atoms with Gasteiger partial charge in [0.25, 0.3) is 0 Å². The minimum Gasteiger partial charge on any atom is -0.495 e. The number of carbonyl (C=O) groups is 1. The molecule has 1 aromatic rings. The molecule has 1 unspecified atom stereocenters. The Labute approximate surface area is 110 Å². The molecule has 0 saturated carbocycles. The first kappa shape index (κ1) is 14.0. The fourth-order valence-electron chi connectivity index (χ4n) is 1.47. The van der Waals surface area contributed by atoms with Gasteiger partial charge in [0, 0.05) is 11.0 Å². The first-order valence-electron chi connectivity index (χ1n) is 5.46. The maximum absolute atomic E-state index is 11.9. The van der Waals surface area contributed by atoms with Crippen LogP contribution < -0.4 is 15.8 Å². The fourth-order valence-corrected chi connectivity index (χ4v) is 1.83. The lowest BCUT2D eigenvalue weighted by atomic mass is 10.1. The van der Waals surface area contributed by atoms with E-state index >= 15 is 0 Å². The summed E-state index contributed by atoms with van der Waals surface area (Å²) < 4.78 is 6.07. The lowest BCUT2D eigenvalue weighted by molar-refractivity contribution is -0.119. The first-order valence-corrected chi connectivity index (χ1v) is 6.26. The minimum absolute atomic E-state index is 0.0774. The van der Waals surface area contributed by atoms with E-state index in [2.05, 4.69) is 21.2 Å². The summed E-state index contributed by atoms with van der Waals surface area (Å²) in [6.07, 6.45) is 0.721. The van der Waals surface area contributed by atoms with Gasteiger partial charge in [-0.15, -0.1) is 0 Å². The monoisotopic (exact) mass is 300 g/mol. The molecule has 0 radical (unpaired) electrons. The number of hydrogen-bond donors (Lipinski definition) is 2. The van der Waals surface area contributed by atoms with Crippen LogP contribution in [0.4, 0.5) is 5.69 Å². The number of rotatable bonds is 5. The van der Waals surface area contributed by atoms with Crippen molar-refractivity contribution >= 4 is 27.5 Å². The SMILES string of the molecule is CCC(CN)C(=O)Nc1cc(Br)ccc1OC. The Morgan fingerprint density at radius 2 is 2.29 bits per heavy atom. The molecule has 5 heteroatoms. The Morgan fingerprint density at radius 1 is 1.59 bits per heavy atom. The number of nitrogens with two attached hydrogens (primary N) is 1. The number of amides is 1. The van der Waals surface area contributed by atoms with E-state index in [4.69, 9.17) is 10.5 Å². The molecule has 0 aliphatic heterocycles. The summed E-state index contributed by atoms with van der Waals surface area (Å²) in [6, 6.07) is 5.46. The van der Waals surface area contributed by atoms with E-state index in [1.54, 1.807) is 19.2 Å². The Morgan fingerprint density at radius 3 is 2.82 bits per heavy atom. The number of carbonyl (C=O) groups excluding carboxylic acids is 1. The van der Waals surface area contributed by atoms with Crippen molar-refractivity contribution in [2.75, 3.05) is 19.0 Å². The predicted molar refractivity (Wildman–Crippen MR) is 72.2 cm³/mol. The van der Waals surface area contributed by atoms with Crippen LogP contribution in [0.25, 0.3) is 0 Å². The third-order valence-corrected chi connectivity index (χ3v) is 3.06. The van der Waals surface area contributed by atoms with Gasteiger partial charge in [0.15, 0.2) is 0 Å². The molecular formula is C12H17BrN2O2. The molecule has 3 N–H and O–H groups in total. The second-order valence-electron chi connectivity index (χ2n) is 3.67. The van der Waals surface area contributed by atoms with E-state index in [9.17, 15) is 4.79 Å². The lowest BCUT2D eigenvalue weighted by Gasteiger charge is -2.15. The van der Waals surface area contributed by atoms with E-state index in [0.29, 0.717) is 18.0 Å². The van der Waals surface area contributed by atoms with Gasteiger partial charge in [0.1, 0.15) is 5.75 Å². The van der Waals surface area contributed by atoms with Crippen molar-refractivity contribution in [2.45, 2.75) is 13.3 Å². The molecule has 0 saturated heterocycles. The molecule has 1 aromatic carbocycles. The van der Waals surface area contributed by atoms with E-state index in [1.807, 2.05) is 13.0 Å². The highest BCUT2D eigenvalue weighted by atomic mass is 79.9. The highest BCUT2D eigenvalue weighted by Gasteiger charge is 2.16. The highest BCUT2D eigenvalue weighted by molar-refractivity contribution is 9.10. The first-order chi connectivity index (χ1) is 8.12. The Kier molecular flexibility index (Phi) is 5.44. The molecule has 17 heavy (non-hydrogen) atoms. The summed E-state index contributed by atoms with van der Waals surface area (Å²) in [5, 5.41) is 2.83. The molecule has 1 amide bonds. The molecule has 0 spiro atoms. The van der Waals surface area contributed by atoms with E-state index in [0.717, 1.165) is 10.9 Å². The Hall–Kier alpha value is -1.07. The van der Waals surface area contributed by atoms with E-state index in [1.165, 1.54) is 0 Å². The van der Waals surface area contributed by atoms with Crippen molar-refractivity contribution in [2.24, 2.45) is 11.7 Å². The number of methoxy groups -OCH3 is 1. The highest BCUT2D eigenvalue weighted by Crippen LogP contribution is 2.28. The summed E-state index contributed by atoms with van der Waals surface area (Å²) in [7, 11) is 1.57. The van der Waals surface area contributed by atoms with Crippen LogP contribution in [0, 0.1) is 5.92 Å². The van der Waals surface area contributed by atoms with Crippen LogP contribution in [0.5, 0.6) is 5.75 Å². The van der Waals surface area contributed by atoms with Crippen molar-refractivity contribution in [1.82, 2.24) is 0 Å². The molecule has 4 nitrogen and oxygen atoms in total. The third-order valence-electron chi connectivity index (χ3n) is 2.57. The standard InChI is InChI=1S/C12H17BrN2O2/c1-3-8(7-14)12(16)15-10-6-9(13)4-5-11(10)17-2/h4-6,8H,3,7,14H2,1-2H3,(H,15,16). The van der Waals surface area contributed by atoms with Crippen molar-refractivity contribution in [3.63, 3.8) is 0 Å². The number of halogens is 1. The average Bonchev–Trinajstić information content (AvgIpc) is 2.31. The number of anilines is 1. The molecule has 0 aromatic heterocycles. The van der Waals surface area contributed by atoms with Crippen LogP contribution in [0.15, 0.2) is 22.7 Å². The van der Waals surface area contributed by atoms with Gasteiger partial charge in [-0.3, -0.25) is 4.79 Å². The second kappa shape index (κ2) is 6.61. The molecule has 0 heterocycles. The molecule has 0 bridgehead atoms. The summed E-state index contributed by atoms with van der Waals surface area (Å²) in [6.45, 7) is 2.29. The molecule has 1 atom stereocenters. The maximum atomic E-state index is 11.9. The van der Waals surface area contributed by atoms with Gasteiger partial charge in [-0.1, -0.05) is 22.9 Å². The topological polar surface area (TPSA) is 64.4 Å². The summed E-state index contributed by atoms with van der Waals surface area (Å²) in [5.41, 5.74) is 6.19. The molecule has 94 valence electrons. The summed E-state index contributed by atoms with van der Waals surface area (Å²) in [4.78, 5) is 11.9. The Balaban J connectivity index is 2.86. The predicted octanol–water partition coefficient (Wildman–Crippen LogP) is 2.38. The number of ether oxygens (including phenoxy) is 1. The number of benzene rings is 1. The van der Waals surface area contributed by atoms with Crippen molar-refractivity contribution in [1.29, 1.82) is 0 Å². The van der Waals surface area contributed by atoms with Crippen LogP contribution >= 0.6 is 15.9 Å². The fraction of sp³-hybridized carbons (Fsp3) is 0.417. The number of hydrogen-bond acceptors (Lipinski definition) is 3. The third kappa shape index (κ3) is 3.71. The van der Waals surface area contributed by atoms with Gasteiger partial charge in [-0.25, -0.2) is 0 Å². The second-order valence-corrected chi connectivity index (χ2v) is 4.59. The van der Waals surface area contributed by atoms with Gasteiger partial charge >= 0.3 is 0 Å². The van der Waals surface area contributed by atoms with E-state index in [-0.39, 0.29) is 11.8 Å². The van der Waals surface area contributed by atoms with Crippen LogP contribution in [0.1, 0.15) is 13.3 Å². The molecule has 0 aliphatic carbocycles. The minimum atomic E-state index is -0.168. The quantitative estimate of drug-likeness (QED) is 0.877. The largest absolute Gasteiger partial charge is 0.495 e. The van der Waals surface area contributed by atoms with E-state index < -0.39 is 0 Å². The Bertz CT molecular complexity index is 392.